The smallest absolute Gasteiger partial charge is 0.0685 e. The summed E-state index contributed by atoms with van der Waals surface area (Å²) in [5.41, 5.74) is 0.642. The highest BCUT2D eigenvalue weighted by Gasteiger charge is 2.49. The standard InChI is InChI=1S/C18H31ClO/c1-13-5-6-15(16(19)11-13)17(2,3)14-7-10-20-18(12-14)8-4-9-18/h13-16H,4-12H2,1-3H3. The fourth-order valence-electron chi connectivity index (χ4n) is 5.03. The van der Waals surface area contributed by atoms with Gasteiger partial charge in [0.1, 0.15) is 0 Å². The van der Waals surface area contributed by atoms with Gasteiger partial charge in [0, 0.05) is 12.0 Å². The van der Waals surface area contributed by atoms with Crippen molar-refractivity contribution in [2.24, 2.45) is 23.2 Å². The van der Waals surface area contributed by atoms with Gasteiger partial charge in [0.15, 0.2) is 0 Å². The number of hydrogen-bond acceptors (Lipinski definition) is 1. The van der Waals surface area contributed by atoms with Crippen molar-refractivity contribution in [3.05, 3.63) is 0 Å². The maximum absolute atomic E-state index is 6.77. The summed E-state index contributed by atoms with van der Waals surface area (Å²) in [6, 6.07) is 0. The normalized spacial score (nSPS) is 41.4. The fourth-order valence-corrected chi connectivity index (χ4v) is 5.79. The number of alkyl halides is 1. The minimum Gasteiger partial charge on any atom is -0.375 e. The highest BCUT2D eigenvalue weighted by atomic mass is 35.5. The predicted molar refractivity (Wildman–Crippen MR) is 85.2 cm³/mol. The minimum atomic E-state index is 0.268. The highest BCUT2D eigenvalue weighted by Crippen LogP contribution is 2.54. The molecule has 0 aromatic rings. The van der Waals surface area contributed by atoms with Crippen LogP contribution in [0.15, 0.2) is 0 Å². The lowest BCUT2D eigenvalue weighted by atomic mass is 9.58. The number of halogens is 1. The van der Waals surface area contributed by atoms with Gasteiger partial charge in [-0.1, -0.05) is 27.2 Å². The fraction of sp³-hybridized carbons (Fsp3) is 1.00. The molecule has 1 saturated heterocycles. The second kappa shape index (κ2) is 5.47. The largest absolute Gasteiger partial charge is 0.375 e. The molecular formula is C18H31ClO. The van der Waals surface area contributed by atoms with E-state index in [0.717, 1.165) is 18.4 Å². The molecule has 1 aliphatic heterocycles. The molecule has 0 N–H and O–H groups in total. The Labute approximate surface area is 129 Å². The van der Waals surface area contributed by atoms with Crippen LogP contribution < -0.4 is 0 Å². The first-order valence-electron chi connectivity index (χ1n) is 8.71. The summed E-state index contributed by atoms with van der Waals surface area (Å²) in [6.45, 7) is 8.32. The van der Waals surface area contributed by atoms with Crippen molar-refractivity contribution in [1.82, 2.24) is 0 Å². The van der Waals surface area contributed by atoms with E-state index in [0.29, 0.717) is 16.7 Å². The van der Waals surface area contributed by atoms with Gasteiger partial charge in [-0.3, -0.25) is 0 Å². The van der Waals surface area contributed by atoms with E-state index in [2.05, 4.69) is 20.8 Å². The molecule has 1 spiro atoms. The van der Waals surface area contributed by atoms with E-state index < -0.39 is 0 Å². The van der Waals surface area contributed by atoms with Crippen LogP contribution in [0.25, 0.3) is 0 Å². The number of ether oxygens (including phenoxy) is 1. The van der Waals surface area contributed by atoms with Gasteiger partial charge in [0.25, 0.3) is 0 Å². The van der Waals surface area contributed by atoms with Crippen LogP contribution in [0, 0.1) is 23.2 Å². The lowest BCUT2D eigenvalue weighted by Gasteiger charge is -2.54. The van der Waals surface area contributed by atoms with Crippen LogP contribution in [0.5, 0.6) is 0 Å². The summed E-state index contributed by atoms with van der Waals surface area (Å²) < 4.78 is 6.13. The van der Waals surface area contributed by atoms with Crippen LogP contribution in [-0.2, 0) is 4.74 Å². The molecule has 2 heteroatoms. The van der Waals surface area contributed by atoms with Gasteiger partial charge >= 0.3 is 0 Å². The molecule has 2 aliphatic carbocycles. The van der Waals surface area contributed by atoms with E-state index in [4.69, 9.17) is 16.3 Å². The molecule has 0 bridgehead atoms. The third kappa shape index (κ3) is 2.65. The maximum Gasteiger partial charge on any atom is 0.0685 e. The van der Waals surface area contributed by atoms with Crippen molar-refractivity contribution in [3.8, 4) is 0 Å². The Balaban J connectivity index is 1.70. The van der Waals surface area contributed by atoms with Gasteiger partial charge in [0.2, 0.25) is 0 Å². The first-order valence-corrected chi connectivity index (χ1v) is 9.15. The van der Waals surface area contributed by atoms with Crippen molar-refractivity contribution in [1.29, 1.82) is 0 Å². The zero-order valence-electron chi connectivity index (χ0n) is 13.5. The molecule has 2 saturated carbocycles. The average Bonchev–Trinajstić information content (AvgIpc) is 2.36. The van der Waals surface area contributed by atoms with Crippen molar-refractivity contribution in [2.75, 3.05) is 6.61 Å². The van der Waals surface area contributed by atoms with Gasteiger partial charge in [-0.05, 0) is 68.1 Å². The van der Waals surface area contributed by atoms with Crippen LogP contribution in [0.2, 0.25) is 0 Å². The van der Waals surface area contributed by atoms with Gasteiger partial charge in [0.05, 0.1) is 5.60 Å². The summed E-state index contributed by atoms with van der Waals surface area (Å²) in [5, 5.41) is 0.383. The molecule has 0 amide bonds. The maximum atomic E-state index is 6.77. The quantitative estimate of drug-likeness (QED) is 0.620. The van der Waals surface area contributed by atoms with Crippen LogP contribution in [-0.4, -0.2) is 17.6 Å². The highest BCUT2D eigenvalue weighted by molar-refractivity contribution is 6.20. The molecule has 3 fully saturated rings. The van der Waals surface area contributed by atoms with Crippen molar-refractivity contribution in [2.45, 2.75) is 83.1 Å². The topological polar surface area (TPSA) is 9.23 Å². The molecular weight excluding hydrogens is 268 g/mol. The Morgan fingerprint density at radius 3 is 2.50 bits per heavy atom. The molecule has 116 valence electrons. The summed E-state index contributed by atoms with van der Waals surface area (Å²) in [4.78, 5) is 0. The predicted octanol–water partition coefficient (Wildman–Crippen LogP) is 5.41. The van der Waals surface area contributed by atoms with E-state index in [9.17, 15) is 0 Å². The Kier molecular flexibility index (Phi) is 4.14. The first kappa shape index (κ1) is 15.2. The van der Waals surface area contributed by atoms with Crippen LogP contribution in [0.1, 0.15) is 72.1 Å². The van der Waals surface area contributed by atoms with Gasteiger partial charge in [-0.25, -0.2) is 0 Å². The molecule has 1 heterocycles. The Morgan fingerprint density at radius 2 is 1.90 bits per heavy atom. The Morgan fingerprint density at radius 1 is 1.15 bits per heavy atom. The summed E-state index contributed by atoms with van der Waals surface area (Å²) in [6.07, 6.45) is 10.4. The molecule has 1 nitrogen and oxygen atoms in total. The summed E-state index contributed by atoms with van der Waals surface area (Å²) in [7, 11) is 0. The van der Waals surface area contributed by atoms with Gasteiger partial charge in [-0.2, -0.15) is 0 Å². The van der Waals surface area contributed by atoms with Gasteiger partial charge < -0.3 is 4.74 Å². The van der Waals surface area contributed by atoms with Crippen LogP contribution in [0.3, 0.4) is 0 Å². The molecule has 3 aliphatic rings. The molecule has 3 rings (SSSR count). The zero-order chi connectivity index (χ0) is 14.4. The molecule has 0 aromatic heterocycles. The number of hydrogen-bond donors (Lipinski definition) is 0. The van der Waals surface area contributed by atoms with E-state index in [-0.39, 0.29) is 5.60 Å². The monoisotopic (exact) mass is 298 g/mol. The molecule has 4 unspecified atom stereocenters. The van der Waals surface area contributed by atoms with Crippen molar-refractivity contribution in [3.63, 3.8) is 0 Å². The third-order valence-corrected chi connectivity index (χ3v) is 7.28. The average molecular weight is 299 g/mol. The third-order valence-electron chi connectivity index (χ3n) is 6.80. The summed E-state index contributed by atoms with van der Waals surface area (Å²) in [5.74, 6) is 2.31. The second-order valence-electron chi connectivity index (χ2n) is 8.44. The second-order valence-corrected chi connectivity index (χ2v) is 9.00. The van der Waals surface area contributed by atoms with E-state index in [1.807, 2.05) is 0 Å². The van der Waals surface area contributed by atoms with Crippen molar-refractivity contribution >= 4 is 11.6 Å². The first-order chi connectivity index (χ1) is 9.43. The minimum absolute atomic E-state index is 0.268. The zero-order valence-corrected chi connectivity index (χ0v) is 14.2. The Hall–Kier alpha value is 0.250. The molecule has 4 atom stereocenters. The summed E-state index contributed by atoms with van der Waals surface area (Å²) >= 11 is 6.77. The molecule has 20 heavy (non-hydrogen) atoms. The molecule has 0 radical (unpaired) electrons. The van der Waals surface area contributed by atoms with Crippen LogP contribution in [0.4, 0.5) is 0 Å². The lowest BCUT2D eigenvalue weighted by molar-refractivity contribution is -0.163. The van der Waals surface area contributed by atoms with Crippen LogP contribution >= 0.6 is 11.6 Å². The molecule has 0 aromatic carbocycles. The van der Waals surface area contributed by atoms with E-state index in [1.165, 1.54) is 51.4 Å². The Bertz CT molecular complexity index is 347. The SMILES string of the molecule is CC1CCC(C(C)(C)C2CCOC3(CCC3)C2)C(Cl)C1. The number of rotatable bonds is 2. The van der Waals surface area contributed by atoms with E-state index >= 15 is 0 Å². The van der Waals surface area contributed by atoms with Crippen molar-refractivity contribution < 1.29 is 4.74 Å². The lowest BCUT2D eigenvalue weighted by Crippen LogP contribution is -2.51. The van der Waals surface area contributed by atoms with E-state index in [1.54, 1.807) is 0 Å². The van der Waals surface area contributed by atoms with Gasteiger partial charge in [-0.15, -0.1) is 11.6 Å².